The molecule has 0 amide bonds. The van der Waals surface area contributed by atoms with Crippen LogP contribution in [-0.2, 0) is 0 Å². The van der Waals surface area contributed by atoms with E-state index in [9.17, 15) is 0 Å². The summed E-state index contributed by atoms with van der Waals surface area (Å²) in [5.41, 5.74) is 0.392. The Morgan fingerprint density at radius 2 is 2.46 bits per heavy atom. The van der Waals surface area contributed by atoms with Gasteiger partial charge in [-0.05, 0) is 27.4 Å². The molecule has 0 fully saturated rings. The first-order valence-corrected chi connectivity index (χ1v) is 5.18. The number of nitriles is 1. The number of nitrogens with zero attached hydrogens (tertiary/aromatic N) is 2. The van der Waals surface area contributed by atoms with E-state index in [1.807, 2.05) is 23.6 Å². The summed E-state index contributed by atoms with van der Waals surface area (Å²) in [4.78, 5) is 8.14. The predicted molar refractivity (Wildman–Crippen MR) is 54.3 cm³/mol. The van der Waals surface area contributed by atoms with E-state index in [1.54, 1.807) is 11.3 Å². The minimum absolute atomic E-state index is 0.392. The molecule has 5 heteroatoms. The maximum Gasteiger partial charge on any atom is 0.173 e. The fourth-order valence-electron chi connectivity index (χ4n) is 0.956. The van der Waals surface area contributed by atoms with E-state index in [0.29, 0.717) is 10.3 Å². The van der Waals surface area contributed by atoms with Crippen LogP contribution in [0.15, 0.2) is 22.1 Å². The van der Waals surface area contributed by atoms with Crippen LogP contribution in [0.1, 0.15) is 5.69 Å². The number of hydrogen-bond donors (Lipinski definition) is 1. The van der Waals surface area contributed by atoms with E-state index in [4.69, 9.17) is 5.26 Å². The Kier molecular flexibility index (Phi) is 2.17. The molecule has 0 radical (unpaired) electrons. The first kappa shape index (κ1) is 8.48. The van der Waals surface area contributed by atoms with Crippen molar-refractivity contribution in [1.82, 2.24) is 9.97 Å². The molecule has 2 heterocycles. The van der Waals surface area contributed by atoms with Gasteiger partial charge in [0.2, 0.25) is 0 Å². The predicted octanol–water partition coefficient (Wildman–Crippen LogP) is 2.77. The Morgan fingerprint density at radius 3 is 3.00 bits per heavy atom. The molecular formula is C8H4BrN3S. The number of aromatic amines is 1. The normalized spacial score (nSPS) is 9.85. The van der Waals surface area contributed by atoms with Gasteiger partial charge in [0.05, 0.1) is 4.88 Å². The largest absolute Gasteiger partial charge is 0.331 e. The van der Waals surface area contributed by atoms with E-state index in [0.717, 1.165) is 10.7 Å². The summed E-state index contributed by atoms with van der Waals surface area (Å²) in [6, 6.07) is 5.90. The zero-order valence-corrected chi connectivity index (χ0v) is 8.82. The average Bonchev–Trinajstić information content (AvgIpc) is 2.71. The molecule has 0 aliphatic carbocycles. The van der Waals surface area contributed by atoms with Gasteiger partial charge in [-0.25, -0.2) is 4.98 Å². The molecular weight excluding hydrogens is 250 g/mol. The molecule has 2 rings (SSSR count). The zero-order chi connectivity index (χ0) is 9.26. The number of imidazole rings is 1. The topological polar surface area (TPSA) is 52.5 Å². The molecule has 0 saturated heterocycles. The van der Waals surface area contributed by atoms with Gasteiger partial charge >= 0.3 is 0 Å². The Hall–Kier alpha value is -1.12. The summed E-state index contributed by atoms with van der Waals surface area (Å²) in [7, 11) is 0. The van der Waals surface area contributed by atoms with E-state index in [2.05, 4.69) is 25.9 Å². The Labute approximate surface area is 87.2 Å². The fourth-order valence-corrected chi connectivity index (χ4v) is 1.99. The second kappa shape index (κ2) is 3.32. The van der Waals surface area contributed by atoms with E-state index < -0.39 is 0 Å². The van der Waals surface area contributed by atoms with Crippen molar-refractivity contribution in [3.8, 4) is 16.8 Å². The molecule has 3 nitrogen and oxygen atoms in total. The number of H-pyrrole nitrogens is 1. The molecule has 0 atom stereocenters. The third-order valence-corrected chi connectivity index (χ3v) is 2.97. The summed E-state index contributed by atoms with van der Waals surface area (Å²) in [6.07, 6.45) is 0. The van der Waals surface area contributed by atoms with Crippen LogP contribution in [0, 0.1) is 11.3 Å². The molecule has 1 N–H and O–H groups in total. The van der Waals surface area contributed by atoms with Gasteiger partial charge < -0.3 is 4.98 Å². The van der Waals surface area contributed by atoms with Crippen LogP contribution < -0.4 is 0 Å². The maximum atomic E-state index is 8.67. The van der Waals surface area contributed by atoms with Crippen molar-refractivity contribution in [1.29, 1.82) is 5.26 Å². The molecule has 0 bridgehead atoms. The monoisotopic (exact) mass is 253 g/mol. The van der Waals surface area contributed by atoms with Crippen molar-refractivity contribution in [2.45, 2.75) is 0 Å². The average molecular weight is 254 g/mol. The number of nitrogens with one attached hydrogen (secondary N) is 1. The van der Waals surface area contributed by atoms with Crippen LogP contribution in [0.5, 0.6) is 0 Å². The number of aromatic nitrogens is 2. The van der Waals surface area contributed by atoms with Gasteiger partial charge in [0, 0.05) is 0 Å². The van der Waals surface area contributed by atoms with Crippen molar-refractivity contribution < 1.29 is 0 Å². The van der Waals surface area contributed by atoms with Crippen molar-refractivity contribution in [2.75, 3.05) is 0 Å². The standard InChI is InChI=1S/C8H4BrN3S/c9-7-5(4-10)11-8(12-7)6-2-1-3-13-6/h1-3H,(H,11,12). The van der Waals surface area contributed by atoms with Gasteiger partial charge in [-0.15, -0.1) is 11.3 Å². The zero-order valence-electron chi connectivity index (χ0n) is 6.41. The maximum absolute atomic E-state index is 8.67. The first-order chi connectivity index (χ1) is 6.31. The quantitative estimate of drug-likeness (QED) is 0.850. The van der Waals surface area contributed by atoms with Crippen LogP contribution in [0.4, 0.5) is 0 Å². The highest BCUT2D eigenvalue weighted by atomic mass is 79.9. The smallest absolute Gasteiger partial charge is 0.173 e. The van der Waals surface area contributed by atoms with Crippen LogP contribution in [0.25, 0.3) is 10.7 Å². The lowest BCUT2D eigenvalue weighted by atomic mass is 10.4. The summed E-state index contributed by atoms with van der Waals surface area (Å²) in [5, 5.41) is 10.6. The van der Waals surface area contributed by atoms with Gasteiger partial charge in [0.15, 0.2) is 5.69 Å². The highest BCUT2D eigenvalue weighted by Gasteiger charge is 2.08. The van der Waals surface area contributed by atoms with Crippen molar-refractivity contribution in [3.63, 3.8) is 0 Å². The van der Waals surface area contributed by atoms with E-state index in [1.165, 1.54) is 0 Å². The van der Waals surface area contributed by atoms with Crippen LogP contribution in [0.3, 0.4) is 0 Å². The Morgan fingerprint density at radius 1 is 1.62 bits per heavy atom. The lowest BCUT2D eigenvalue weighted by molar-refractivity contribution is 1.31. The lowest BCUT2D eigenvalue weighted by Gasteiger charge is -1.85. The summed E-state index contributed by atoms with van der Waals surface area (Å²) in [6.45, 7) is 0. The van der Waals surface area contributed by atoms with Crippen LogP contribution in [-0.4, -0.2) is 9.97 Å². The Bertz CT molecular complexity index is 452. The molecule has 2 aromatic heterocycles. The second-order valence-corrected chi connectivity index (χ2v) is 4.08. The summed E-state index contributed by atoms with van der Waals surface area (Å²) >= 11 is 4.81. The molecule has 0 aliphatic rings. The lowest BCUT2D eigenvalue weighted by Crippen LogP contribution is -1.74. The fraction of sp³-hybridized carbons (Fsp3) is 0. The molecule has 13 heavy (non-hydrogen) atoms. The summed E-state index contributed by atoms with van der Waals surface area (Å²) in [5.74, 6) is 0.735. The highest BCUT2D eigenvalue weighted by molar-refractivity contribution is 9.10. The minimum atomic E-state index is 0.392. The van der Waals surface area contributed by atoms with Crippen molar-refractivity contribution in [2.24, 2.45) is 0 Å². The molecule has 64 valence electrons. The van der Waals surface area contributed by atoms with E-state index in [-0.39, 0.29) is 0 Å². The number of halogens is 1. The van der Waals surface area contributed by atoms with Crippen LogP contribution >= 0.6 is 27.3 Å². The highest BCUT2D eigenvalue weighted by Crippen LogP contribution is 2.24. The number of rotatable bonds is 1. The minimum Gasteiger partial charge on any atom is -0.331 e. The first-order valence-electron chi connectivity index (χ1n) is 3.50. The third-order valence-electron chi connectivity index (χ3n) is 1.52. The third kappa shape index (κ3) is 1.50. The molecule has 0 aromatic carbocycles. The van der Waals surface area contributed by atoms with Crippen LogP contribution in [0.2, 0.25) is 0 Å². The molecule has 0 aliphatic heterocycles. The molecule has 0 unspecified atom stereocenters. The van der Waals surface area contributed by atoms with Gasteiger partial charge in [0.25, 0.3) is 0 Å². The van der Waals surface area contributed by atoms with Crippen molar-refractivity contribution in [3.05, 3.63) is 27.8 Å². The number of hydrogen-bond acceptors (Lipinski definition) is 3. The van der Waals surface area contributed by atoms with Gasteiger partial charge in [0.1, 0.15) is 16.5 Å². The molecule has 0 saturated carbocycles. The molecule has 0 spiro atoms. The second-order valence-electron chi connectivity index (χ2n) is 2.34. The van der Waals surface area contributed by atoms with Gasteiger partial charge in [-0.3, -0.25) is 0 Å². The number of thiophene rings is 1. The summed E-state index contributed by atoms with van der Waals surface area (Å²) < 4.78 is 0.637. The SMILES string of the molecule is N#Cc1nc(-c2cccs2)[nH]c1Br. The molecule has 2 aromatic rings. The van der Waals surface area contributed by atoms with Gasteiger partial charge in [-0.1, -0.05) is 6.07 Å². The van der Waals surface area contributed by atoms with E-state index >= 15 is 0 Å². The van der Waals surface area contributed by atoms with Gasteiger partial charge in [-0.2, -0.15) is 5.26 Å². The van der Waals surface area contributed by atoms with Crippen molar-refractivity contribution >= 4 is 27.3 Å². The Balaban J connectivity index is 2.50.